The first-order valence-corrected chi connectivity index (χ1v) is 8.85. The van der Waals surface area contributed by atoms with Crippen LogP contribution in [-0.4, -0.2) is 52.9 Å². The Kier molecular flexibility index (Phi) is 5.96. The lowest BCUT2D eigenvalue weighted by molar-refractivity contribution is -0.892. The number of hydrogen-bond donors (Lipinski definition) is 2. The topological polar surface area (TPSA) is 55.2 Å². The molecule has 0 atom stereocenters. The first-order chi connectivity index (χ1) is 12.7. The predicted molar refractivity (Wildman–Crippen MR) is 102 cm³/mol. The molecule has 2 aromatic rings. The molecule has 26 heavy (non-hydrogen) atoms. The van der Waals surface area contributed by atoms with Crippen molar-refractivity contribution >= 4 is 17.3 Å². The molecule has 3 rings (SSSR count). The smallest absolute Gasteiger partial charge is 0.279 e. The first kappa shape index (κ1) is 18.1. The molecule has 1 aliphatic heterocycles. The fourth-order valence-corrected chi connectivity index (χ4v) is 3.22. The predicted octanol–water partition coefficient (Wildman–Crippen LogP) is 1.05. The van der Waals surface area contributed by atoms with Gasteiger partial charge in [-0.3, -0.25) is 4.79 Å². The standard InChI is InChI=1S/C20H25N3O3/c1-25-17-9-7-16(8-10-17)23-13-11-22(12-14-23)15-20(24)21-18-5-3-4-6-19(18)26-2/h3-10H,11-15H2,1-2H3,(H,21,24)/p+1. The van der Waals surface area contributed by atoms with E-state index in [0.29, 0.717) is 12.3 Å². The third kappa shape index (κ3) is 4.46. The van der Waals surface area contributed by atoms with Crippen molar-refractivity contribution < 1.29 is 19.2 Å². The number of nitrogens with zero attached hydrogens (tertiary/aromatic N) is 1. The summed E-state index contributed by atoms with van der Waals surface area (Å²) in [6.45, 7) is 4.21. The van der Waals surface area contributed by atoms with E-state index in [1.165, 1.54) is 10.6 Å². The van der Waals surface area contributed by atoms with Gasteiger partial charge in [-0.25, -0.2) is 0 Å². The van der Waals surface area contributed by atoms with Crippen LogP contribution in [0.4, 0.5) is 11.4 Å². The number of carbonyl (C=O) groups excluding carboxylic acids is 1. The number of amides is 1. The van der Waals surface area contributed by atoms with Crippen LogP contribution >= 0.6 is 0 Å². The Morgan fingerprint density at radius 2 is 1.73 bits per heavy atom. The molecule has 2 N–H and O–H groups in total. The zero-order valence-corrected chi connectivity index (χ0v) is 15.3. The number of nitrogens with one attached hydrogen (secondary N) is 2. The Morgan fingerprint density at radius 3 is 2.38 bits per heavy atom. The van der Waals surface area contributed by atoms with Crippen LogP contribution in [0.3, 0.4) is 0 Å². The largest absolute Gasteiger partial charge is 0.497 e. The number of anilines is 2. The van der Waals surface area contributed by atoms with E-state index in [2.05, 4.69) is 22.3 Å². The Bertz CT molecular complexity index is 725. The van der Waals surface area contributed by atoms with Gasteiger partial charge in [-0.2, -0.15) is 0 Å². The highest BCUT2D eigenvalue weighted by Crippen LogP contribution is 2.22. The second-order valence-corrected chi connectivity index (χ2v) is 6.36. The molecule has 0 radical (unpaired) electrons. The highest BCUT2D eigenvalue weighted by molar-refractivity contribution is 5.92. The van der Waals surface area contributed by atoms with Crippen LogP contribution in [0.5, 0.6) is 11.5 Å². The van der Waals surface area contributed by atoms with Crippen molar-refractivity contribution in [2.45, 2.75) is 0 Å². The quantitative estimate of drug-likeness (QED) is 0.812. The summed E-state index contributed by atoms with van der Waals surface area (Å²) in [5, 5.41) is 2.95. The van der Waals surface area contributed by atoms with Crippen LogP contribution < -0.4 is 24.6 Å². The van der Waals surface area contributed by atoms with Crippen LogP contribution in [0.25, 0.3) is 0 Å². The summed E-state index contributed by atoms with van der Waals surface area (Å²) in [6, 6.07) is 15.6. The second kappa shape index (κ2) is 8.58. The maximum atomic E-state index is 12.4. The fraction of sp³-hybridized carbons (Fsp3) is 0.350. The maximum absolute atomic E-state index is 12.4. The van der Waals surface area contributed by atoms with Gasteiger partial charge in [0, 0.05) is 5.69 Å². The number of hydrogen-bond acceptors (Lipinski definition) is 4. The van der Waals surface area contributed by atoms with E-state index in [0.717, 1.165) is 37.6 Å². The average molecular weight is 356 g/mol. The number of ether oxygens (including phenoxy) is 2. The van der Waals surface area contributed by atoms with Gasteiger partial charge in [0.15, 0.2) is 6.54 Å². The first-order valence-electron chi connectivity index (χ1n) is 8.85. The number of piperazine rings is 1. The monoisotopic (exact) mass is 356 g/mol. The summed E-state index contributed by atoms with van der Waals surface area (Å²) in [4.78, 5) is 16.0. The molecule has 0 aromatic heterocycles. The molecule has 138 valence electrons. The minimum atomic E-state index is 0.0161. The van der Waals surface area contributed by atoms with Crippen LogP contribution in [0.1, 0.15) is 0 Å². The summed E-state index contributed by atoms with van der Waals surface area (Å²) in [5.41, 5.74) is 1.92. The maximum Gasteiger partial charge on any atom is 0.279 e. The van der Waals surface area contributed by atoms with Gasteiger partial charge in [-0.1, -0.05) is 12.1 Å². The summed E-state index contributed by atoms with van der Waals surface area (Å²) < 4.78 is 10.5. The van der Waals surface area contributed by atoms with Crippen LogP contribution in [-0.2, 0) is 4.79 Å². The van der Waals surface area contributed by atoms with Crippen molar-refractivity contribution in [2.24, 2.45) is 0 Å². The van der Waals surface area contributed by atoms with Crippen LogP contribution in [0.2, 0.25) is 0 Å². The van der Waals surface area contributed by atoms with Gasteiger partial charge < -0.3 is 24.6 Å². The van der Waals surface area contributed by atoms with E-state index in [4.69, 9.17) is 9.47 Å². The third-order valence-electron chi connectivity index (χ3n) is 4.70. The van der Waals surface area contributed by atoms with Gasteiger partial charge >= 0.3 is 0 Å². The summed E-state index contributed by atoms with van der Waals surface area (Å²) in [6.07, 6.45) is 0. The van der Waals surface area contributed by atoms with E-state index >= 15 is 0 Å². The molecule has 1 heterocycles. The Labute approximate surface area is 154 Å². The molecule has 1 fully saturated rings. The molecule has 0 aliphatic carbocycles. The van der Waals surface area contributed by atoms with Crippen molar-refractivity contribution in [1.82, 2.24) is 0 Å². The molecule has 1 saturated heterocycles. The van der Waals surface area contributed by atoms with Gasteiger partial charge in [0.2, 0.25) is 0 Å². The third-order valence-corrected chi connectivity index (χ3v) is 4.70. The molecule has 2 aromatic carbocycles. The van der Waals surface area contributed by atoms with Gasteiger partial charge in [-0.15, -0.1) is 0 Å². The lowest BCUT2D eigenvalue weighted by Crippen LogP contribution is -3.15. The minimum Gasteiger partial charge on any atom is -0.497 e. The summed E-state index contributed by atoms with van der Waals surface area (Å²) in [5.74, 6) is 1.56. The molecule has 1 amide bonds. The van der Waals surface area contributed by atoms with Crippen molar-refractivity contribution in [3.05, 3.63) is 48.5 Å². The molecule has 0 spiro atoms. The summed E-state index contributed by atoms with van der Waals surface area (Å²) >= 11 is 0. The van der Waals surface area contributed by atoms with Gasteiger partial charge in [0.05, 0.1) is 46.1 Å². The Hall–Kier alpha value is -2.73. The summed E-state index contributed by atoms with van der Waals surface area (Å²) in [7, 11) is 3.28. The van der Waals surface area contributed by atoms with Crippen LogP contribution in [0, 0.1) is 0 Å². The van der Waals surface area contributed by atoms with E-state index in [1.807, 2.05) is 36.4 Å². The van der Waals surface area contributed by atoms with Crippen molar-refractivity contribution in [2.75, 3.05) is 57.2 Å². The lowest BCUT2D eigenvalue weighted by atomic mass is 10.2. The number of para-hydroxylation sites is 2. The number of rotatable bonds is 6. The minimum absolute atomic E-state index is 0.0161. The highest BCUT2D eigenvalue weighted by atomic mass is 16.5. The van der Waals surface area contributed by atoms with Crippen LogP contribution in [0.15, 0.2) is 48.5 Å². The number of methoxy groups -OCH3 is 2. The SMILES string of the molecule is COc1ccc(N2CC[NH+](CC(=O)Nc3ccccc3OC)CC2)cc1. The molecule has 1 aliphatic rings. The number of quaternary nitrogens is 1. The van der Waals surface area contributed by atoms with Gasteiger partial charge in [0.25, 0.3) is 5.91 Å². The molecule has 0 saturated carbocycles. The Balaban J connectivity index is 1.49. The van der Waals surface area contributed by atoms with Crippen molar-refractivity contribution in [3.63, 3.8) is 0 Å². The zero-order chi connectivity index (χ0) is 18.4. The molecule has 6 nitrogen and oxygen atoms in total. The van der Waals surface area contributed by atoms with E-state index in [1.54, 1.807) is 14.2 Å². The van der Waals surface area contributed by atoms with Gasteiger partial charge in [-0.05, 0) is 36.4 Å². The van der Waals surface area contributed by atoms with Gasteiger partial charge in [0.1, 0.15) is 11.5 Å². The number of carbonyl (C=O) groups is 1. The normalized spacial score (nSPS) is 14.8. The molecule has 0 unspecified atom stereocenters. The molecular weight excluding hydrogens is 330 g/mol. The number of benzene rings is 2. The van der Waals surface area contributed by atoms with E-state index in [-0.39, 0.29) is 5.91 Å². The van der Waals surface area contributed by atoms with Crippen molar-refractivity contribution in [3.8, 4) is 11.5 Å². The lowest BCUT2D eigenvalue weighted by Gasteiger charge is -2.33. The highest BCUT2D eigenvalue weighted by Gasteiger charge is 2.22. The fourth-order valence-electron chi connectivity index (χ4n) is 3.22. The van der Waals surface area contributed by atoms with E-state index < -0.39 is 0 Å². The van der Waals surface area contributed by atoms with E-state index in [9.17, 15) is 4.79 Å². The second-order valence-electron chi connectivity index (χ2n) is 6.36. The molecule has 6 heteroatoms. The van der Waals surface area contributed by atoms with Crippen molar-refractivity contribution in [1.29, 1.82) is 0 Å². The molecular formula is C20H26N3O3+. The average Bonchev–Trinajstić information content (AvgIpc) is 2.69. The molecule has 0 bridgehead atoms. The zero-order valence-electron chi connectivity index (χ0n) is 15.3. The Morgan fingerprint density at radius 1 is 1.04 bits per heavy atom.